The zero-order valence-electron chi connectivity index (χ0n) is 8.96. The highest BCUT2D eigenvalue weighted by molar-refractivity contribution is 6.42. The van der Waals surface area contributed by atoms with Crippen LogP contribution in [0.3, 0.4) is 0 Å². The van der Waals surface area contributed by atoms with Gasteiger partial charge in [0, 0.05) is 6.04 Å². The molecule has 1 fully saturated rings. The minimum absolute atomic E-state index is 0. The standard InChI is InChI=1S/C12H15Cl2N.ClH/c13-10-7-3-6-9(11(10)14)12(15)8-4-1-2-5-8;/h3,6-8,12H,1-2,4-5,15H2;1H/t12-;/m0./s1. The summed E-state index contributed by atoms with van der Waals surface area (Å²) in [6.45, 7) is 0. The molecule has 0 saturated heterocycles. The van der Waals surface area contributed by atoms with E-state index in [0.29, 0.717) is 16.0 Å². The van der Waals surface area contributed by atoms with Gasteiger partial charge in [-0.3, -0.25) is 0 Å². The Bertz CT molecular complexity index is 348. The van der Waals surface area contributed by atoms with Crippen molar-refractivity contribution in [2.24, 2.45) is 11.7 Å². The molecule has 1 aromatic carbocycles. The van der Waals surface area contributed by atoms with Crippen molar-refractivity contribution in [1.29, 1.82) is 0 Å². The first-order chi connectivity index (χ1) is 7.20. The lowest BCUT2D eigenvalue weighted by molar-refractivity contribution is 0.445. The van der Waals surface area contributed by atoms with Crippen LogP contribution in [0.15, 0.2) is 18.2 Å². The number of nitrogens with two attached hydrogens (primary N) is 1. The van der Waals surface area contributed by atoms with Gasteiger partial charge >= 0.3 is 0 Å². The first-order valence-electron chi connectivity index (χ1n) is 5.39. The Morgan fingerprint density at radius 2 is 1.81 bits per heavy atom. The van der Waals surface area contributed by atoms with Gasteiger partial charge in [0.15, 0.2) is 0 Å². The Morgan fingerprint density at radius 3 is 2.44 bits per heavy atom. The van der Waals surface area contributed by atoms with E-state index in [9.17, 15) is 0 Å². The maximum Gasteiger partial charge on any atom is 0.0640 e. The van der Waals surface area contributed by atoms with Crippen molar-refractivity contribution in [2.45, 2.75) is 31.7 Å². The molecule has 1 aromatic rings. The highest BCUT2D eigenvalue weighted by atomic mass is 35.5. The lowest BCUT2D eigenvalue weighted by atomic mass is 9.92. The Morgan fingerprint density at radius 1 is 1.19 bits per heavy atom. The minimum Gasteiger partial charge on any atom is -0.324 e. The number of hydrogen-bond acceptors (Lipinski definition) is 1. The number of halogens is 3. The van der Waals surface area contributed by atoms with Crippen LogP contribution in [0.5, 0.6) is 0 Å². The molecule has 1 saturated carbocycles. The second-order valence-electron chi connectivity index (χ2n) is 4.21. The second kappa shape index (κ2) is 6.11. The van der Waals surface area contributed by atoms with Gasteiger partial charge < -0.3 is 5.73 Å². The van der Waals surface area contributed by atoms with Gasteiger partial charge in [0.1, 0.15) is 0 Å². The number of rotatable bonds is 2. The van der Waals surface area contributed by atoms with E-state index in [-0.39, 0.29) is 18.4 Å². The largest absolute Gasteiger partial charge is 0.324 e. The minimum atomic E-state index is 0. The van der Waals surface area contributed by atoms with Gasteiger partial charge in [0.2, 0.25) is 0 Å². The monoisotopic (exact) mass is 279 g/mol. The maximum atomic E-state index is 6.23. The molecule has 1 atom stereocenters. The number of benzene rings is 1. The summed E-state index contributed by atoms with van der Waals surface area (Å²) < 4.78 is 0. The van der Waals surface area contributed by atoms with Crippen LogP contribution < -0.4 is 5.73 Å². The topological polar surface area (TPSA) is 26.0 Å². The maximum absolute atomic E-state index is 6.23. The quantitative estimate of drug-likeness (QED) is 0.841. The average molecular weight is 281 g/mol. The third kappa shape index (κ3) is 2.84. The Hall–Kier alpha value is 0.0500. The smallest absolute Gasteiger partial charge is 0.0640 e. The van der Waals surface area contributed by atoms with E-state index >= 15 is 0 Å². The summed E-state index contributed by atoms with van der Waals surface area (Å²) in [5.74, 6) is 0.570. The van der Waals surface area contributed by atoms with Crippen LogP contribution in [0.4, 0.5) is 0 Å². The molecule has 0 aliphatic heterocycles. The molecule has 0 amide bonds. The fourth-order valence-electron chi connectivity index (χ4n) is 2.35. The molecule has 0 spiro atoms. The van der Waals surface area contributed by atoms with Gasteiger partial charge in [-0.05, 0) is 30.4 Å². The SMILES string of the molecule is Cl.N[C@H](c1cccc(Cl)c1Cl)C1CCCC1. The number of hydrogen-bond donors (Lipinski definition) is 1. The van der Waals surface area contributed by atoms with Crippen LogP contribution >= 0.6 is 35.6 Å². The molecule has 0 radical (unpaired) electrons. The van der Waals surface area contributed by atoms with Crippen LogP contribution in [0, 0.1) is 5.92 Å². The lowest BCUT2D eigenvalue weighted by Crippen LogP contribution is -2.19. The molecule has 2 N–H and O–H groups in total. The van der Waals surface area contributed by atoms with E-state index in [0.717, 1.165) is 5.56 Å². The van der Waals surface area contributed by atoms with Crippen LogP contribution in [0.2, 0.25) is 10.0 Å². The molecule has 0 unspecified atom stereocenters. The van der Waals surface area contributed by atoms with Crippen molar-refractivity contribution in [3.8, 4) is 0 Å². The first kappa shape index (κ1) is 14.1. The molecule has 16 heavy (non-hydrogen) atoms. The van der Waals surface area contributed by atoms with Gasteiger partial charge in [0.25, 0.3) is 0 Å². The van der Waals surface area contributed by atoms with E-state index < -0.39 is 0 Å². The zero-order chi connectivity index (χ0) is 10.8. The predicted octanol–water partition coefficient (Wildman–Crippen LogP) is 4.61. The van der Waals surface area contributed by atoms with Gasteiger partial charge in [-0.1, -0.05) is 48.2 Å². The highest BCUT2D eigenvalue weighted by Crippen LogP contribution is 2.38. The molecular formula is C12H16Cl3N. The van der Waals surface area contributed by atoms with Gasteiger partial charge in [-0.2, -0.15) is 0 Å². The Labute approximate surface area is 113 Å². The van der Waals surface area contributed by atoms with Crippen molar-refractivity contribution in [1.82, 2.24) is 0 Å². The normalized spacial score (nSPS) is 18.2. The molecule has 0 aromatic heterocycles. The van der Waals surface area contributed by atoms with Crippen LogP contribution in [-0.2, 0) is 0 Å². The van der Waals surface area contributed by atoms with E-state index in [2.05, 4.69) is 0 Å². The van der Waals surface area contributed by atoms with Crippen LogP contribution in [0.1, 0.15) is 37.3 Å². The van der Waals surface area contributed by atoms with Gasteiger partial charge in [-0.15, -0.1) is 12.4 Å². The van der Waals surface area contributed by atoms with E-state index in [1.807, 2.05) is 12.1 Å². The predicted molar refractivity (Wildman–Crippen MR) is 72.6 cm³/mol. The summed E-state index contributed by atoms with van der Waals surface area (Å²) in [7, 11) is 0. The Balaban J connectivity index is 0.00000128. The first-order valence-corrected chi connectivity index (χ1v) is 6.15. The van der Waals surface area contributed by atoms with Crippen molar-refractivity contribution < 1.29 is 0 Å². The molecule has 1 aliphatic rings. The van der Waals surface area contributed by atoms with Gasteiger partial charge in [-0.25, -0.2) is 0 Å². The van der Waals surface area contributed by atoms with Crippen molar-refractivity contribution in [3.63, 3.8) is 0 Å². The summed E-state index contributed by atoms with van der Waals surface area (Å²) >= 11 is 12.1. The third-order valence-electron chi connectivity index (χ3n) is 3.25. The van der Waals surface area contributed by atoms with Crippen LogP contribution in [-0.4, -0.2) is 0 Å². The summed E-state index contributed by atoms with van der Waals surface area (Å²) in [4.78, 5) is 0. The molecule has 1 aliphatic carbocycles. The van der Waals surface area contributed by atoms with Crippen LogP contribution in [0.25, 0.3) is 0 Å². The molecule has 1 nitrogen and oxygen atoms in total. The summed E-state index contributed by atoms with van der Waals surface area (Å²) in [6, 6.07) is 5.74. The van der Waals surface area contributed by atoms with E-state index in [4.69, 9.17) is 28.9 Å². The molecule has 0 heterocycles. The molecular weight excluding hydrogens is 264 g/mol. The molecule has 0 bridgehead atoms. The molecule has 2 rings (SSSR count). The fourth-order valence-corrected chi connectivity index (χ4v) is 2.78. The van der Waals surface area contributed by atoms with Gasteiger partial charge in [0.05, 0.1) is 10.0 Å². The van der Waals surface area contributed by atoms with Crippen molar-refractivity contribution in [3.05, 3.63) is 33.8 Å². The third-order valence-corrected chi connectivity index (χ3v) is 4.08. The summed E-state index contributed by atoms with van der Waals surface area (Å²) in [6.07, 6.45) is 5.00. The second-order valence-corrected chi connectivity index (χ2v) is 5.00. The fraction of sp³-hybridized carbons (Fsp3) is 0.500. The molecule has 90 valence electrons. The lowest BCUT2D eigenvalue weighted by Gasteiger charge is -2.20. The highest BCUT2D eigenvalue weighted by Gasteiger charge is 2.25. The van der Waals surface area contributed by atoms with E-state index in [1.54, 1.807) is 6.07 Å². The van der Waals surface area contributed by atoms with Crippen molar-refractivity contribution >= 4 is 35.6 Å². The zero-order valence-corrected chi connectivity index (χ0v) is 11.3. The summed E-state index contributed by atoms with van der Waals surface area (Å²) in [5.41, 5.74) is 7.22. The average Bonchev–Trinajstić information content (AvgIpc) is 2.74. The Kier molecular flexibility index (Phi) is 5.39. The van der Waals surface area contributed by atoms with E-state index in [1.165, 1.54) is 25.7 Å². The van der Waals surface area contributed by atoms with Crippen molar-refractivity contribution in [2.75, 3.05) is 0 Å². The summed E-state index contributed by atoms with van der Waals surface area (Å²) in [5, 5.41) is 1.22. The molecule has 4 heteroatoms.